The summed E-state index contributed by atoms with van der Waals surface area (Å²) in [6.45, 7) is 0. The summed E-state index contributed by atoms with van der Waals surface area (Å²) in [5, 5.41) is 1.58. The number of hydrogen-bond acceptors (Lipinski definition) is 4. The summed E-state index contributed by atoms with van der Waals surface area (Å²) in [5.74, 6) is -0.290. The molecule has 0 aliphatic heterocycles. The number of benzene rings is 1. The van der Waals surface area contributed by atoms with Crippen LogP contribution >= 0.6 is 23.1 Å². The summed E-state index contributed by atoms with van der Waals surface area (Å²) in [4.78, 5) is 11.1. The van der Waals surface area contributed by atoms with Gasteiger partial charge in [-0.2, -0.15) is 4.37 Å². The monoisotopic (exact) mass is 241 g/mol. The van der Waals surface area contributed by atoms with Gasteiger partial charge in [0.2, 0.25) is 0 Å². The van der Waals surface area contributed by atoms with Gasteiger partial charge < -0.3 is 4.74 Å². The fraction of sp³-hybridized carbons (Fsp3) is 0.200. The molecule has 5 heteroatoms. The highest BCUT2D eigenvalue weighted by Crippen LogP contribution is 2.26. The average molecular weight is 242 g/mol. The lowest BCUT2D eigenvalue weighted by Crippen LogP contribution is -2.04. The van der Waals surface area contributed by atoms with Crippen molar-refractivity contribution in [1.82, 2.24) is 4.37 Å². The van der Waals surface area contributed by atoms with Crippen molar-refractivity contribution in [2.24, 2.45) is 0 Å². The van der Waals surface area contributed by atoms with E-state index in [4.69, 9.17) is 11.6 Å². The molecule has 15 heavy (non-hydrogen) atoms. The Labute approximate surface area is 95.8 Å². The Kier molecular flexibility index (Phi) is 2.88. The van der Waals surface area contributed by atoms with Crippen molar-refractivity contribution in [3.05, 3.63) is 28.9 Å². The summed E-state index contributed by atoms with van der Waals surface area (Å²) in [5.41, 5.74) is 0.726. The Bertz CT molecular complexity index is 509. The van der Waals surface area contributed by atoms with E-state index in [0.717, 1.165) is 15.8 Å². The van der Waals surface area contributed by atoms with Crippen molar-refractivity contribution in [1.29, 1.82) is 0 Å². The average Bonchev–Trinajstić information content (AvgIpc) is 2.61. The van der Waals surface area contributed by atoms with Gasteiger partial charge in [0.15, 0.2) is 0 Å². The van der Waals surface area contributed by atoms with E-state index in [0.29, 0.717) is 5.02 Å². The highest BCUT2D eigenvalue weighted by molar-refractivity contribution is 7.13. The molecule has 0 N–H and O–H groups in total. The number of carbonyl (C=O) groups is 1. The molecule has 0 bridgehead atoms. The molecule has 2 rings (SSSR count). The van der Waals surface area contributed by atoms with E-state index in [2.05, 4.69) is 9.11 Å². The molecule has 0 unspecified atom stereocenters. The van der Waals surface area contributed by atoms with E-state index < -0.39 is 0 Å². The number of ether oxygens (including phenoxy) is 1. The Balaban J connectivity index is 2.43. The number of rotatable bonds is 2. The van der Waals surface area contributed by atoms with E-state index in [1.165, 1.54) is 18.6 Å². The minimum Gasteiger partial charge on any atom is -0.469 e. The summed E-state index contributed by atoms with van der Waals surface area (Å²) in [6, 6.07) is 5.53. The molecule has 0 saturated carbocycles. The molecule has 1 heterocycles. The van der Waals surface area contributed by atoms with Gasteiger partial charge in [-0.1, -0.05) is 11.6 Å². The molecule has 0 atom stereocenters. The van der Waals surface area contributed by atoms with Crippen LogP contribution in [0.25, 0.3) is 10.1 Å². The Morgan fingerprint density at radius 2 is 2.40 bits per heavy atom. The van der Waals surface area contributed by atoms with Crippen molar-refractivity contribution in [3.63, 3.8) is 0 Å². The number of hydrogen-bond donors (Lipinski definition) is 0. The second-order valence-electron chi connectivity index (χ2n) is 3.02. The van der Waals surface area contributed by atoms with Gasteiger partial charge in [0, 0.05) is 10.4 Å². The number of aromatic nitrogens is 1. The van der Waals surface area contributed by atoms with Crippen LogP contribution < -0.4 is 0 Å². The Morgan fingerprint density at radius 1 is 1.60 bits per heavy atom. The summed E-state index contributed by atoms with van der Waals surface area (Å²) in [7, 11) is 1.36. The largest absolute Gasteiger partial charge is 0.469 e. The fourth-order valence-electron chi connectivity index (χ4n) is 1.30. The number of fused-ring (bicyclic) bond motifs is 1. The topological polar surface area (TPSA) is 39.2 Å². The maximum absolute atomic E-state index is 11.1. The first-order chi connectivity index (χ1) is 7.20. The van der Waals surface area contributed by atoms with Gasteiger partial charge in [-0.05, 0) is 29.7 Å². The number of esters is 1. The van der Waals surface area contributed by atoms with Crippen LogP contribution in [0.3, 0.4) is 0 Å². The van der Waals surface area contributed by atoms with Gasteiger partial charge >= 0.3 is 5.97 Å². The Hall–Kier alpha value is -1.13. The summed E-state index contributed by atoms with van der Waals surface area (Å²) < 4.78 is 9.83. The van der Waals surface area contributed by atoms with Crippen LogP contribution in [0, 0.1) is 0 Å². The molecule has 1 aromatic heterocycles. The smallest absolute Gasteiger partial charge is 0.311 e. The van der Waals surface area contributed by atoms with Gasteiger partial charge in [0.1, 0.15) is 0 Å². The fourth-order valence-corrected chi connectivity index (χ4v) is 2.24. The van der Waals surface area contributed by atoms with Crippen LogP contribution in [0.5, 0.6) is 0 Å². The molecule has 0 amide bonds. The third-order valence-corrected chi connectivity index (χ3v) is 3.15. The van der Waals surface area contributed by atoms with Crippen molar-refractivity contribution >= 4 is 39.2 Å². The molecule has 3 nitrogen and oxygen atoms in total. The summed E-state index contributed by atoms with van der Waals surface area (Å²) >= 11 is 7.24. The zero-order chi connectivity index (χ0) is 10.8. The molecule has 2 aromatic rings. The van der Waals surface area contributed by atoms with Crippen molar-refractivity contribution in [2.45, 2.75) is 6.42 Å². The van der Waals surface area contributed by atoms with E-state index in [-0.39, 0.29) is 12.4 Å². The lowest BCUT2D eigenvalue weighted by Gasteiger charge is -1.96. The summed E-state index contributed by atoms with van der Waals surface area (Å²) in [6.07, 6.45) is 0.191. The van der Waals surface area contributed by atoms with Gasteiger partial charge in [0.05, 0.1) is 23.9 Å². The number of methoxy groups -OCH3 is 1. The van der Waals surface area contributed by atoms with Gasteiger partial charge in [-0.3, -0.25) is 4.79 Å². The lowest BCUT2D eigenvalue weighted by atomic mass is 10.2. The van der Waals surface area contributed by atoms with Crippen LogP contribution in [0.2, 0.25) is 5.02 Å². The van der Waals surface area contributed by atoms with Crippen molar-refractivity contribution in [3.8, 4) is 0 Å². The first-order valence-corrected chi connectivity index (χ1v) is 5.46. The van der Waals surface area contributed by atoms with Crippen LogP contribution in [-0.4, -0.2) is 17.5 Å². The molecule has 0 saturated heterocycles. The lowest BCUT2D eigenvalue weighted by molar-refractivity contribution is -0.139. The quantitative estimate of drug-likeness (QED) is 0.759. The molecule has 78 valence electrons. The standard InChI is InChI=1S/C10H8ClNO2S/c1-14-10(13)5-8-7-4-6(11)2-3-9(7)15-12-8/h2-4H,5H2,1H3. The van der Waals surface area contributed by atoms with E-state index in [9.17, 15) is 4.79 Å². The molecule has 1 aromatic carbocycles. The maximum Gasteiger partial charge on any atom is 0.311 e. The highest BCUT2D eigenvalue weighted by atomic mass is 35.5. The molecule has 0 aliphatic rings. The van der Waals surface area contributed by atoms with Crippen molar-refractivity contribution < 1.29 is 9.53 Å². The first-order valence-electron chi connectivity index (χ1n) is 4.31. The van der Waals surface area contributed by atoms with Gasteiger partial charge in [-0.15, -0.1) is 0 Å². The predicted molar refractivity (Wildman–Crippen MR) is 60.4 cm³/mol. The second-order valence-corrected chi connectivity index (χ2v) is 4.26. The molecule has 0 spiro atoms. The third kappa shape index (κ3) is 2.11. The maximum atomic E-state index is 11.1. The van der Waals surface area contributed by atoms with Crippen molar-refractivity contribution in [2.75, 3.05) is 7.11 Å². The molecular formula is C10H8ClNO2S. The third-order valence-electron chi connectivity index (χ3n) is 2.05. The van der Waals surface area contributed by atoms with Crippen LogP contribution in [0.1, 0.15) is 5.69 Å². The van der Waals surface area contributed by atoms with E-state index >= 15 is 0 Å². The molecular weight excluding hydrogens is 234 g/mol. The van der Waals surface area contributed by atoms with E-state index in [1.54, 1.807) is 0 Å². The highest BCUT2D eigenvalue weighted by Gasteiger charge is 2.10. The molecule has 0 radical (unpaired) electrons. The predicted octanol–water partition coefficient (Wildman–Crippen LogP) is 2.67. The van der Waals surface area contributed by atoms with Crippen LogP contribution in [0.4, 0.5) is 0 Å². The van der Waals surface area contributed by atoms with Crippen LogP contribution in [-0.2, 0) is 16.0 Å². The second kappa shape index (κ2) is 4.16. The normalized spacial score (nSPS) is 10.5. The van der Waals surface area contributed by atoms with Crippen LogP contribution in [0.15, 0.2) is 18.2 Å². The van der Waals surface area contributed by atoms with E-state index in [1.807, 2.05) is 18.2 Å². The Morgan fingerprint density at radius 3 is 3.13 bits per heavy atom. The minimum absolute atomic E-state index is 0.191. The first kappa shape index (κ1) is 10.4. The number of halogens is 1. The SMILES string of the molecule is COC(=O)Cc1nsc2ccc(Cl)cc12. The zero-order valence-corrected chi connectivity index (χ0v) is 9.56. The minimum atomic E-state index is -0.290. The van der Waals surface area contributed by atoms with Gasteiger partial charge in [0.25, 0.3) is 0 Å². The zero-order valence-electron chi connectivity index (χ0n) is 7.99. The number of carbonyl (C=O) groups excluding carboxylic acids is 1. The van der Waals surface area contributed by atoms with Gasteiger partial charge in [-0.25, -0.2) is 0 Å². The molecule has 0 aliphatic carbocycles. The molecule has 0 fully saturated rings. The number of nitrogens with zero attached hydrogens (tertiary/aromatic N) is 1.